The molecule has 3 heterocycles. The van der Waals surface area contributed by atoms with E-state index in [1.807, 2.05) is 53.9 Å². The molecule has 2 aromatic heterocycles. The number of aromatic nitrogens is 2. The van der Waals surface area contributed by atoms with Gasteiger partial charge in [0.15, 0.2) is 5.76 Å². The van der Waals surface area contributed by atoms with E-state index < -0.39 is 0 Å². The summed E-state index contributed by atoms with van der Waals surface area (Å²) in [5, 5.41) is 4.34. The number of hydrogen-bond donors (Lipinski definition) is 1. The highest BCUT2D eigenvalue weighted by Gasteiger charge is 2.33. The summed E-state index contributed by atoms with van der Waals surface area (Å²) < 4.78 is 7.83. The number of amides is 1. The van der Waals surface area contributed by atoms with Crippen LogP contribution in [0.4, 0.5) is 0 Å². The van der Waals surface area contributed by atoms with Crippen molar-refractivity contribution in [2.75, 3.05) is 19.6 Å². The minimum atomic E-state index is -0.0983. The van der Waals surface area contributed by atoms with Crippen molar-refractivity contribution in [3.63, 3.8) is 0 Å². The molecular weight excluding hydrogens is 304 g/mol. The molecule has 1 N–H and O–H groups in total. The zero-order valence-corrected chi connectivity index (χ0v) is 13.8. The quantitative estimate of drug-likeness (QED) is 0.785. The van der Waals surface area contributed by atoms with Crippen LogP contribution in [0.1, 0.15) is 28.0 Å². The molecule has 1 fully saturated rings. The molecule has 1 aliphatic rings. The summed E-state index contributed by atoms with van der Waals surface area (Å²) in [6.45, 7) is 4.03. The lowest BCUT2D eigenvalue weighted by Crippen LogP contribution is -2.49. The molecule has 6 heteroatoms. The predicted molar refractivity (Wildman–Crippen MR) is 90.8 cm³/mol. The number of para-hydroxylation sites is 1. The van der Waals surface area contributed by atoms with E-state index in [-0.39, 0.29) is 11.9 Å². The van der Waals surface area contributed by atoms with Gasteiger partial charge in [-0.25, -0.2) is 4.98 Å². The highest BCUT2D eigenvalue weighted by molar-refractivity contribution is 5.99. The van der Waals surface area contributed by atoms with Gasteiger partial charge in [-0.15, -0.1) is 0 Å². The molecule has 1 amide bonds. The average Bonchev–Trinajstić information content (AvgIpc) is 3.18. The van der Waals surface area contributed by atoms with Gasteiger partial charge in [-0.3, -0.25) is 4.79 Å². The number of nitrogens with zero attached hydrogens (tertiary/aromatic N) is 3. The lowest BCUT2D eigenvalue weighted by atomic mass is 10.1. The second kappa shape index (κ2) is 5.79. The zero-order valence-electron chi connectivity index (χ0n) is 13.8. The fourth-order valence-corrected chi connectivity index (χ4v) is 3.39. The second-order valence-corrected chi connectivity index (χ2v) is 6.17. The number of carbonyl (C=O) groups excluding carboxylic acids is 1. The molecule has 1 saturated heterocycles. The molecular formula is C18H20N4O2. The van der Waals surface area contributed by atoms with Gasteiger partial charge < -0.3 is 19.2 Å². The minimum Gasteiger partial charge on any atom is -0.451 e. The molecule has 1 unspecified atom stereocenters. The van der Waals surface area contributed by atoms with Crippen LogP contribution in [0.3, 0.4) is 0 Å². The molecule has 0 aliphatic carbocycles. The fourth-order valence-electron chi connectivity index (χ4n) is 3.39. The summed E-state index contributed by atoms with van der Waals surface area (Å²) in [5.74, 6) is 1.24. The molecule has 6 nitrogen and oxygen atoms in total. The van der Waals surface area contributed by atoms with E-state index >= 15 is 0 Å². The Balaban J connectivity index is 1.73. The van der Waals surface area contributed by atoms with Crippen molar-refractivity contribution >= 4 is 16.9 Å². The first kappa shape index (κ1) is 15.0. The maximum Gasteiger partial charge on any atom is 0.290 e. The summed E-state index contributed by atoms with van der Waals surface area (Å²) >= 11 is 0. The number of furan rings is 1. The van der Waals surface area contributed by atoms with Crippen LogP contribution in [-0.2, 0) is 7.05 Å². The maximum absolute atomic E-state index is 13.2. The molecule has 24 heavy (non-hydrogen) atoms. The molecule has 4 rings (SSSR count). The number of carbonyl (C=O) groups is 1. The van der Waals surface area contributed by atoms with Gasteiger partial charge in [0.05, 0.1) is 0 Å². The first-order chi connectivity index (χ1) is 11.7. The highest BCUT2D eigenvalue weighted by atomic mass is 16.3. The van der Waals surface area contributed by atoms with Gasteiger partial charge in [-0.05, 0) is 13.0 Å². The van der Waals surface area contributed by atoms with E-state index in [9.17, 15) is 4.79 Å². The lowest BCUT2D eigenvalue weighted by Gasteiger charge is -2.35. The summed E-state index contributed by atoms with van der Waals surface area (Å²) in [6, 6.07) is 7.66. The second-order valence-electron chi connectivity index (χ2n) is 6.17. The van der Waals surface area contributed by atoms with Crippen molar-refractivity contribution in [1.29, 1.82) is 0 Å². The van der Waals surface area contributed by atoms with Gasteiger partial charge >= 0.3 is 0 Å². The van der Waals surface area contributed by atoms with Crippen molar-refractivity contribution in [2.24, 2.45) is 7.05 Å². The van der Waals surface area contributed by atoms with E-state index in [4.69, 9.17) is 4.42 Å². The number of piperazine rings is 1. The number of rotatable bonds is 2. The Hall–Kier alpha value is -2.60. The first-order valence-electron chi connectivity index (χ1n) is 8.14. The normalized spacial score (nSPS) is 18.2. The lowest BCUT2D eigenvalue weighted by molar-refractivity contribution is 0.0589. The molecule has 0 radical (unpaired) electrons. The van der Waals surface area contributed by atoms with E-state index in [0.717, 1.165) is 28.9 Å². The number of aryl methyl sites for hydroxylation is 2. The van der Waals surface area contributed by atoms with Crippen LogP contribution in [0.15, 0.2) is 41.1 Å². The van der Waals surface area contributed by atoms with Gasteiger partial charge in [0, 0.05) is 50.0 Å². The molecule has 1 aliphatic heterocycles. The van der Waals surface area contributed by atoms with Gasteiger partial charge in [0.2, 0.25) is 0 Å². The Morgan fingerprint density at radius 1 is 1.38 bits per heavy atom. The molecule has 1 aromatic carbocycles. The van der Waals surface area contributed by atoms with Gasteiger partial charge in [-0.1, -0.05) is 18.2 Å². The van der Waals surface area contributed by atoms with Crippen molar-refractivity contribution in [3.05, 3.63) is 53.8 Å². The van der Waals surface area contributed by atoms with Crippen LogP contribution in [0.5, 0.6) is 0 Å². The molecule has 124 valence electrons. The van der Waals surface area contributed by atoms with Crippen molar-refractivity contribution in [1.82, 2.24) is 19.8 Å². The summed E-state index contributed by atoms with van der Waals surface area (Å²) in [7, 11) is 1.95. The minimum absolute atomic E-state index is 0.0711. The molecule has 0 bridgehead atoms. The molecule has 1 atom stereocenters. The third-order valence-electron chi connectivity index (χ3n) is 4.70. The standard InChI is InChI=1S/C18H20N4O2/c1-12-13-5-3-4-6-15(13)24-16(12)18(23)22-10-7-19-11-14(22)17-20-8-9-21(17)2/h3-6,8-9,14,19H,7,10-11H2,1-2H3. The van der Waals surface area contributed by atoms with Crippen molar-refractivity contribution < 1.29 is 9.21 Å². The third-order valence-corrected chi connectivity index (χ3v) is 4.70. The first-order valence-corrected chi connectivity index (χ1v) is 8.14. The predicted octanol–water partition coefficient (Wildman–Crippen LogP) is 2.26. The van der Waals surface area contributed by atoms with Crippen LogP contribution in [0, 0.1) is 6.92 Å². The number of nitrogens with one attached hydrogen (secondary N) is 1. The fraction of sp³-hybridized carbons (Fsp3) is 0.333. The smallest absolute Gasteiger partial charge is 0.290 e. The van der Waals surface area contributed by atoms with E-state index in [0.29, 0.717) is 18.8 Å². The van der Waals surface area contributed by atoms with Crippen molar-refractivity contribution in [2.45, 2.75) is 13.0 Å². The summed E-state index contributed by atoms with van der Waals surface area (Å²) in [4.78, 5) is 19.5. The number of benzene rings is 1. The number of imidazole rings is 1. The van der Waals surface area contributed by atoms with Crippen LogP contribution < -0.4 is 5.32 Å². The number of hydrogen-bond acceptors (Lipinski definition) is 4. The van der Waals surface area contributed by atoms with Crippen LogP contribution in [0.2, 0.25) is 0 Å². The molecule has 3 aromatic rings. The Morgan fingerprint density at radius 3 is 2.96 bits per heavy atom. The SMILES string of the molecule is Cc1c(C(=O)N2CCNCC2c2nccn2C)oc2ccccc12. The van der Waals surface area contributed by atoms with Crippen LogP contribution in [-0.4, -0.2) is 40.0 Å². The highest BCUT2D eigenvalue weighted by Crippen LogP contribution is 2.29. The Morgan fingerprint density at radius 2 is 2.21 bits per heavy atom. The van der Waals surface area contributed by atoms with Gasteiger partial charge in [0.1, 0.15) is 17.4 Å². The average molecular weight is 324 g/mol. The van der Waals surface area contributed by atoms with Gasteiger partial charge in [0.25, 0.3) is 5.91 Å². The summed E-state index contributed by atoms with van der Waals surface area (Å²) in [6.07, 6.45) is 3.66. The largest absolute Gasteiger partial charge is 0.451 e. The van der Waals surface area contributed by atoms with Crippen molar-refractivity contribution in [3.8, 4) is 0 Å². The Labute approximate surface area is 140 Å². The van der Waals surface area contributed by atoms with E-state index in [1.54, 1.807) is 6.20 Å². The topological polar surface area (TPSA) is 63.3 Å². The van der Waals surface area contributed by atoms with E-state index in [2.05, 4.69) is 10.3 Å². The Bertz CT molecular complexity index is 895. The number of fused-ring (bicyclic) bond motifs is 1. The van der Waals surface area contributed by atoms with Gasteiger partial charge in [-0.2, -0.15) is 0 Å². The van der Waals surface area contributed by atoms with E-state index in [1.165, 1.54) is 0 Å². The van der Waals surface area contributed by atoms with Crippen LogP contribution >= 0.6 is 0 Å². The zero-order chi connectivity index (χ0) is 16.7. The molecule has 0 saturated carbocycles. The van der Waals surface area contributed by atoms with Crippen LogP contribution in [0.25, 0.3) is 11.0 Å². The maximum atomic E-state index is 13.2. The monoisotopic (exact) mass is 324 g/mol. The summed E-state index contributed by atoms with van der Waals surface area (Å²) in [5.41, 5.74) is 1.65. The Kier molecular flexibility index (Phi) is 3.61. The molecule has 0 spiro atoms. The third kappa shape index (κ3) is 2.30.